The summed E-state index contributed by atoms with van der Waals surface area (Å²) in [5.74, 6) is -0.816. The van der Waals surface area contributed by atoms with Crippen molar-refractivity contribution >= 4 is 46.7 Å². The zero-order chi connectivity index (χ0) is 34.5. The van der Waals surface area contributed by atoms with E-state index in [0.29, 0.717) is 37.1 Å². The van der Waals surface area contributed by atoms with Crippen LogP contribution in [0.2, 0.25) is 0 Å². The molecule has 0 unspecified atom stereocenters. The van der Waals surface area contributed by atoms with Gasteiger partial charge in [-0.05, 0) is 72.0 Å². The number of carbonyl (C=O) groups is 3. The van der Waals surface area contributed by atoms with E-state index in [1.165, 1.54) is 12.1 Å². The van der Waals surface area contributed by atoms with Crippen molar-refractivity contribution in [3.05, 3.63) is 89.1 Å². The van der Waals surface area contributed by atoms with Crippen LogP contribution in [0.5, 0.6) is 0 Å². The van der Waals surface area contributed by atoms with Gasteiger partial charge in [0.25, 0.3) is 5.91 Å². The maximum atomic E-state index is 14.3. The minimum Gasteiger partial charge on any atom is -0.340 e. The first kappa shape index (κ1) is 33.5. The molecular formula is C35H35F2N4O6PS. The van der Waals surface area contributed by atoms with Crippen molar-refractivity contribution in [2.24, 2.45) is 0 Å². The van der Waals surface area contributed by atoms with Gasteiger partial charge in [0.05, 0.1) is 4.88 Å². The van der Waals surface area contributed by atoms with Crippen LogP contribution in [-0.4, -0.2) is 73.5 Å². The lowest BCUT2D eigenvalue weighted by molar-refractivity contribution is -0.149. The lowest BCUT2D eigenvalue weighted by Crippen LogP contribution is -2.59. The highest BCUT2D eigenvalue weighted by atomic mass is 32.1. The second-order valence-corrected chi connectivity index (χ2v) is 15.8. The third-order valence-corrected chi connectivity index (χ3v) is 12.1. The Morgan fingerprint density at radius 1 is 0.980 bits per heavy atom. The number of fused-ring (bicyclic) bond motifs is 2. The van der Waals surface area contributed by atoms with Gasteiger partial charge in [-0.2, -0.15) is 8.78 Å². The number of aromatic nitrogens is 1. The molecule has 3 N–H and O–H groups in total. The van der Waals surface area contributed by atoms with Crippen molar-refractivity contribution in [2.75, 3.05) is 13.1 Å². The number of hydrogen-bond donors (Lipinski definition) is 3. The van der Waals surface area contributed by atoms with Crippen molar-refractivity contribution in [2.45, 2.75) is 68.2 Å². The lowest BCUT2D eigenvalue weighted by atomic mass is 9.86. The Kier molecular flexibility index (Phi) is 8.89. The first-order valence-corrected chi connectivity index (χ1v) is 18.7. The summed E-state index contributed by atoms with van der Waals surface area (Å²) in [7, 11) is -5.76. The lowest BCUT2D eigenvalue weighted by Gasteiger charge is -2.43. The minimum atomic E-state index is -5.76. The highest BCUT2D eigenvalue weighted by Gasteiger charge is 2.50. The molecule has 3 amide bonds. The van der Waals surface area contributed by atoms with E-state index >= 15 is 0 Å². The zero-order valence-corrected chi connectivity index (χ0v) is 28.1. The average molecular weight is 709 g/mol. The third kappa shape index (κ3) is 6.29. The number of likely N-dealkylation sites (tertiary alicyclic amines) is 1. The fraction of sp³-hybridized carbons (Fsp3) is 0.371. The molecule has 3 saturated heterocycles. The number of rotatable bonds is 7. The Labute approximate surface area is 285 Å². The van der Waals surface area contributed by atoms with E-state index < -0.39 is 36.8 Å². The summed E-state index contributed by atoms with van der Waals surface area (Å²) in [5.41, 5.74) is -1.97. The van der Waals surface area contributed by atoms with E-state index in [9.17, 15) is 27.7 Å². The SMILES string of the molecule is O=C(N[C@H]1CCCC[C@H]2CC[C@@H](C(=O)N3CC(c4cnccc4-c4ccccc4)C3)N2C1=O)c1cc2cc(C(F)(F)P(=O)(O)O)ccc2s1. The number of benzene rings is 2. The maximum Gasteiger partial charge on any atom is 0.399 e. The summed E-state index contributed by atoms with van der Waals surface area (Å²) < 4.78 is 40.5. The van der Waals surface area contributed by atoms with Crippen molar-refractivity contribution in [1.29, 1.82) is 0 Å². The van der Waals surface area contributed by atoms with Crippen LogP contribution in [0.1, 0.15) is 65.2 Å². The third-order valence-electron chi connectivity index (χ3n) is 9.95. The molecule has 2 aromatic heterocycles. The topological polar surface area (TPSA) is 140 Å². The van der Waals surface area contributed by atoms with Gasteiger partial charge in [0.1, 0.15) is 12.1 Å². The zero-order valence-electron chi connectivity index (χ0n) is 26.4. The summed E-state index contributed by atoms with van der Waals surface area (Å²) in [6.07, 6.45) is 7.63. The van der Waals surface area contributed by atoms with E-state index in [1.54, 1.807) is 16.0 Å². The standard InChI is InChI=1S/C35H35F2N4O6PS/c36-35(37,48(45,46)47)24-10-13-30-22(16-24)17-31(49-30)32(42)39-28-9-5-4-8-25-11-12-29(41(25)33(28)43)34(44)40-19-23(20-40)27-18-38-15-14-26(27)21-6-2-1-3-7-21/h1-3,6-7,10,13-18,23,25,28-29H,4-5,8-9,11-12,19-20H2,(H,39,42)(H2,45,46,47)/t25-,28-,29-/m0/s1. The number of thiophene rings is 1. The van der Waals surface area contributed by atoms with Crippen molar-refractivity contribution < 1.29 is 37.5 Å². The normalized spacial score (nSPS) is 22.0. The van der Waals surface area contributed by atoms with Gasteiger partial charge in [-0.3, -0.25) is 23.9 Å². The van der Waals surface area contributed by atoms with Gasteiger partial charge < -0.3 is 24.9 Å². The maximum absolute atomic E-state index is 14.3. The smallest absolute Gasteiger partial charge is 0.340 e. The molecule has 5 heterocycles. The Morgan fingerprint density at radius 3 is 2.49 bits per heavy atom. The highest BCUT2D eigenvalue weighted by molar-refractivity contribution is 7.52. The van der Waals surface area contributed by atoms with Crippen molar-refractivity contribution in [3.8, 4) is 11.1 Å². The van der Waals surface area contributed by atoms with Crippen LogP contribution in [0, 0.1) is 0 Å². The number of pyridine rings is 1. The van der Waals surface area contributed by atoms with Gasteiger partial charge in [0.2, 0.25) is 11.8 Å². The molecule has 2 aromatic carbocycles. The van der Waals surface area contributed by atoms with Crippen LogP contribution >= 0.6 is 18.9 Å². The predicted molar refractivity (Wildman–Crippen MR) is 180 cm³/mol. The van der Waals surface area contributed by atoms with E-state index in [4.69, 9.17) is 9.79 Å². The summed E-state index contributed by atoms with van der Waals surface area (Å²) in [6, 6.07) is 15.0. The Bertz CT molecular complexity index is 1960. The van der Waals surface area contributed by atoms with Gasteiger partial charge in [-0.25, -0.2) is 0 Å². The summed E-state index contributed by atoms with van der Waals surface area (Å²) >= 11 is 1.03. The first-order chi connectivity index (χ1) is 23.4. The van der Waals surface area contributed by atoms with Gasteiger partial charge >= 0.3 is 13.3 Å². The Hall–Kier alpha value is -4.03. The highest BCUT2D eigenvalue weighted by Crippen LogP contribution is 2.59. The fourth-order valence-electron chi connectivity index (χ4n) is 7.33. The largest absolute Gasteiger partial charge is 0.399 e. The monoisotopic (exact) mass is 708 g/mol. The van der Waals surface area contributed by atoms with Gasteiger partial charge in [-0.1, -0.05) is 49.2 Å². The molecule has 0 spiro atoms. The van der Waals surface area contributed by atoms with Crippen LogP contribution < -0.4 is 5.32 Å². The molecule has 3 aliphatic rings. The fourth-order valence-corrected chi connectivity index (χ4v) is 8.75. The molecule has 256 valence electrons. The van der Waals surface area contributed by atoms with E-state index in [2.05, 4.69) is 22.4 Å². The Morgan fingerprint density at radius 2 is 1.73 bits per heavy atom. The molecule has 3 fully saturated rings. The number of halogens is 2. The molecule has 0 saturated carbocycles. The molecule has 4 aromatic rings. The van der Waals surface area contributed by atoms with E-state index in [-0.39, 0.29) is 34.0 Å². The molecule has 49 heavy (non-hydrogen) atoms. The van der Waals surface area contributed by atoms with E-state index in [0.717, 1.165) is 59.4 Å². The molecule has 0 aliphatic carbocycles. The van der Waals surface area contributed by atoms with Crippen LogP contribution in [0.3, 0.4) is 0 Å². The number of nitrogens with one attached hydrogen (secondary N) is 1. The van der Waals surface area contributed by atoms with Gasteiger partial charge in [-0.15, -0.1) is 11.3 Å². The summed E-state index contributed by atoms with van der Waals surface area (Å²) in [6.45, 7) is 1.06. The number of hydrogen-bond acceptors (Lipinski definition) is 6. The van der Waals surface area contributed by atoms with Gasteiger partial charge in [0, 0.05) is 47.7 Å². The van der Waals surface area contributed by atoms with Crippen molar-refractivity contribution in [3.63, 3.8) is 0 Å². The predicted octanol–water partition coefficient (Wildman–Crippen LogP) is 5.85. The molecule has 0 radical (unpaired) electrons. The molecule has 3 atom stereocenters. The Balaban J connectivity index is 1.05. The second kappa shape index (κ2) is 13.0. The van der Waals surface area contributed by atoms with E-state index in [1.807, 2.05) is 30.5 Å². The van der Waals surface area contributed by atoms with Gasteiger partial charge in [0.15, 0.2) is 0 Å². The number of carbonyl (C=O) groups excluding carboxylic acids is 3. The summed E-state index contributed by atoms with van der Waals surface area (Å²) in [4.78, 5) is 67.7. The molecule has 14 heteroatoms. The van der Waals surface area contributed by atoms with Crippen LogP contribution in [0.4, 0.5) is 8.78 Å². The quantitative estimate of drug-likeness (QED) is 0.205. The number of alkyl halides is 2. The number of amides is 3. The molecule has 0 bridgehead atoms. The van der Waals surface area contributed by atoms with Crippen LogP contribution in [-0.2, 0) is 19.8 Å². The summed E-state index contributed by atoms with van der Waals surface area (Å²) in [5, 5.41) is 3.07. The minimum absolute atomic E-state index is 0.0877. The molecule has 10 nitrogen and oxygen atoms in total. The van der Waals surface area contributed by atoms with Crippen LogP contribution in [0.15, 0.2) is 73.1 Å². The van der Waals surface area contributed by atoms with Crippen LogP contribution in [0.25, 0.3) is 21.2 Å². The first-order valence-electron chi connectivity index (χ1n) is 16.3. The van der Waals surface area contributed by atoms with Crippen molar-refractivity contribution in [1.82, 2.24) is 20.1 Å². The number of nitrogens with zero attached hydrogens (tertiary/aromatic N) is 3. The molecule has 3 aliphatic heterocycles. The average Bonchev–Trinajstić information content (AvgIpc) is 3.68. The molecule has 7 rings (SSSR count). The molecular weight excluding hydrogens is 673 g/mol. The second-order valence-electron chi connectivity index (χ2n) is 13.0.